The van der Waals surface area contributed by atoms with Crippen LogP contribution in [0.4, 0.5) is 11.4 Å². The summed E-state index contributed by atoms with van der Waals surface area (Å²) in [6, 6.07) is 9.64. The van der Waals surface area contributed by atoms with Crippen molar-refractivity contribution >= 4 is 34.9 Å². The third-order valence-corrected chi connectivity index (χ3v) is 6.56. The van der Waals surface area contributed by atoms with Gasteiger partial charge < -0.3 is 9.47 Å². The lowest BCUT2D eigenvalue weighted by atomic mass is 9.76. The standard InChI is InChI=1S/C25H24N2O8/c1-14-6-8-18-19(10-14)24(30)26(23(18)29)17-5-3-4-16(11-17)25(31)35-13-21(28)15-7-9-22(34-2)20(12-15)27(32)33/h3-5,7,9,11-12,14,18-19H,6,8,10,13H2,1-2H3/t14-,18+,19-/m0/s1. The smallest absolute Gasteiger partial charge is 0.338 e. The van der Waals surface area contributed by atoms with E-state index in [2.05, 4.69) is 6.92 Å². The molecule has 0 N–H and O–H groups in total. The maximum atomic E-state index is 13.0. The van der Waals surface area contributed by atoms with Crippen molar-refractivity contribution in [3.8, 4) is 5.75 Å². The van der Waals surface area contributed by atoms with E-state index < -0.39 is 23.3 Å². The van der Waals surface area contributed by atoms with Crippen LogP contribution in [0.5, 0.6) is 5.75 Å². The minimum atomic E-state index is -0.826. The fraction of sp³-hybridized carbons (Fsp3) is 0.360. The number of nitro groups is 1. The molecule has 35 heavy (non-hydrogen) atoms. The van der Waals surface area contributed by atoms with Crippen LogP contribution in [0.2, 0.25) is 0 Å². The number of esters is 1. The summed E-state index contributed by atoms with van der Waals surface area (Å²) in [7, 11) is 1.28. The van der Waals surface area contributed by atoms with Crippen LogP contribution in [-0.2, 0) is 14.3 Å². The number of carbonyl (C=O) groups is 4. The molecule has 10 heteroatoms. The predicted molar refractivity (Wildman–Crippen MR) is 123 cm³/mol. The number of carbonyl (C=O) groups excluding carboxylic acids is 4. The lowest BCUT2D eigenvalue weighted by Gasteiger charge is -2.25. The Bertz CT molecular complexity index is 1220. The molecule has 2 aromatic carbocycles. The zero-order valence-corrected chi connectivity index (χ0v) is 19.3. The Morgan fingerprint density at radius 3 is 2.51 bits per heavy atom. The summed E-state index contributed by atoms with van der Waals surface area (Å²) < 4.78 is 10.0. The van der Waals surface area contributed by atoms with Gasteiger partial charge in [0.2, 0.25) is 17.6 Å². The second-order valence-electron chi connectivity index (χ2n) is 8.84. The average Bonchev–Trinajstić information content (AvgIpc) is 3.10. The van der Waals surface area contributed by atoms with E-state index in [1.165, 1.54) is 37.4 Å². The van der Waals surface area contributed by atoms with Gasteiger partial charge in [-0.2, -0.15) is 0 Å². The Kier molecular flexibility index (Phi) is 6.63. The van der Waals surface area contributed by atoms with Gasteiger partial charge in [0.1, 0.15) is 0 Å². The van der Waals surface area contributed by atoms with Gasteiger partial charge in [0.05, 0.1) is 35.1 Å². The number of fused-ring (bicyclic) bond motifs is 1. The molecule has 2 aromatic rings. The molecule has 1 aliphatic heterocycles. The first-order chi connectivity index (χ1) is 16.7. The fourth-order valence-corrected chi connectivity index (χ4v) is 4.72. The van der Waals surface area contributed by atoms with Gasteiger partial charge in [-0.15, -0.1) is 0 Å². The maximum absolute atomic E-state index is 13.0. The van der Waals surface area contributed by atoms with Crippen molar-refractivity contribution in [2.24, 2.45) is 17.8 Å². The normalized spacial score (nSPS) is 21.4. The van der Waals surface area contributed by atoms with E-state index in [1.54, 1.807) is 6.07 Å². The third-order valence-electron chi connectivity index (χ3n) is 6.56. The number of methoxy groups -OCH3 is 1. The monoisotopic (exact) mass is 480 g/mol. The van der Waals surface area contributed by atoms with Gasteiger partial charge in [0, 0.05) is 11.6 Å². The van der Waals surface area contributed by atoms with Crippen molar-refractivity contribution < 1.29 is 33.6 Å². The molecule has 0 bridgehead atoms. The van der Waals surface area contributed by atoms with Crippen LogP contribution in [0.1, 0.15) is 46.9 Å². The molecule has 1 saturated carbocycles. The molecule has 3 atom stereocenters. The molecule has 2 aliphatic rings. The van der Waals surface area contributed by atoms with Crippen molar-refractivity contribution in [3.05, 3.63) is 63.7 Å². The molecular weight excluding hydrogens is 456 g/mol. The van der Waals surface area contributed by atoms with Gasteiger partial charge in [-0.3, -0.25) is 29.4 Å². The minimum absolute atomic E-state index is 0.000618. The zero-order chi connectivity index (χ0) is 25.3. The summed E-state index contributed by atoms with van der Waals surface area (Å²) in [4.78, 5) is 62.6. The Labute approximate surface area is 201 Å². The number of ketones is 1. The lowest BCUT2D eigenvalue weighted by Crippen LogP contribution is -2.31. The second-order valence-corrected chi connectivity index (χ2v) is 8.84. The molecule has 10 nitrogen and oxygen atoms in total. The molecule has 4 rings (SSSR count). The lowest BCUT2D eigenvalue weighted by molar-refractivity contribution is -0.385. The summed E-state index contributed by atoms with van der Waals surface area (Å²) in [6.45, 7) is 1.43. The molecule has 1 heterocycles. The van der Waals surface area contributed by atoms with E-state index in [0.717, 1.165) is 17.4 Å². The number of rotatable bonds is 7. The Balaban J connectivity index is 1.46. The van der Waals surface area contributed by atoms with Gasteiger partial charge >= 0.3 is 11.7 Å². The number of hydrogen-bond acceptors (Lipinski definition) is 8. The molecule has 0 spiro atoms. The first kappa shape index (κ1) is 24.1. The number of Topliss-reactive ketones (excluding diaryl/α,β-unsaturated/α-hetero) is 1. The predicted octanol–water partition coefficient (Wildman–Crippen LogP) is 3.57. The summed E-state index contributed by atoms with van der Waals surface area (Å²) in [6.07, 6.45) is 2.23. The number of anilines is 1. The Morgan fingerprint density at radius 2 is 1.80 bits per heavy atom. The van der Waals surface area contributed by atoms with E-state index in [-0.39, 0.29) is 51.9 Å². The summed E-state index contributed by atoms with van der Waals surface area (Å²) in [5.74, 6) is -2.27. The highest BCUT2D eigenvalue weighted by atomic mass is 16.6. The number of nitro benzene ring substituents is 1. The van der Waals surface area contributed by atoms with Crippen LogP contribution in [0, 0.1) is 27.9 Å². The fourth-order valence-electron chi connectivity index (χ4n) is 4.72. The highest BCUT2D eigenvalue weighted by Gasteiger charge is 2.50. The number of nitrogens with zero attached hydrogens (tertiary/aromatic N) is 2. The molecule has 0 aromatic heterocycles. The molecule has 1 saturated heterocycles. The molecule has 182 valence electrons. The van der Waals surface area contributed by atoms with Crippen LogP contribution < -0.4 is 9.64 Å². The van der Waals surface area contributed by atoms with E-state index in [9.17, 15) is 29.3 Å². The summed E-state index contributed by atoms with van der Waals surface area (Å²) >= 11 is 0. The van der Waals surface area contributed by atoms with Crippen molar-refractivity contribution in [2.75, 3.05) is 18.6 Å². The number of imide groups is 1. The van der Waals surface area contributed by atoms with Gasteiger partial charge in [0.15, 0.2) is 12.4 Å². The Hall–Kier alpha value is -4.08. The largest absolute Gasteiger partial charge is 0.490 e. The summed E-state index contributed by atoms with van der Waals surface area (Å²) in [5.41, 5.74) is -0.0371. The quantitative estimate of drug-likeness (QED) is 0.193. The first-order valence-electron chi connectivity index (χ1n) is 11.2. The molecule has 0 radical (unpaired) electrons. The highest BCUT2D eigenvalue weighted by Crippen LogP contribution is 2.42. The topological polar surface area (TPSA) is 133 Å². The average molecular weight is 480 g/mol. The van der Waals surface area contributed by atoms with Crippen LogP contribution in [0.25, 0.3) is 0 Å². The number of hydrogen-bond donors (Lipinski definition) is 0. The van der Waals surface area contributed by atoms with E-state index in [0.29, 0.717) is 18.8 Å². The van der Waals surface area contributed by atoms with Crippen molar-refractivity contribution in [1.29, 1.82) is 0 Å². The summed E-state index contributed by atoms with van der Waals surface area (Å²) in [5, 5.41) is 11.2. The molecule has 2 amide bonds. The van der Waals surface area contributed by atoms with Crippen LogP contribution in [0.15, 0.2) is 42.5 Å². The van der Waals surface area contributed by atoms with Gasteiger partial charge in [-0.05, 0) is 55.5 Å². The molecule has 2 fully saturated rings. The number of ether oxygens (including phenoxy) is 2. The van der Waals surface area contributed by atoms with Crippen molar-refractivity contribution in [2.45, 2.75) is 26.2 Å². The minimum Gasteiger partial charge on any atom is -0.490 e. The zero-order valence-electron chi connectivity index (χ0n) is 19.3. The SMILES string of the molecule is COc1ccc(C(=O)COC(=O)c2cccc(N3C(=O)[C@H]4C[C@@H](C)CC[C@H]4C3=O)c2)cc1[N+](=O)[O-]. The number of amides is 2. The van der Waals surface area contributed by atoms with E-state index in [4.69, 9.17) is 9.47 Å². The molecule has 0 unspecified atom stereocenters. The second kappa shape index (κ2) is 9.65. The van der Waals surface area contributed by atoms with Gasteiger partial charge in [-0.1, -0.05) is 13.0 Å². The van der Waals surface area contributed by atoms with Crippen LogP contribution in [-0.4, -0.2) is 42.2 Å². The van der Waals surface area contributed by atoms with E-state index >= 15 is 0 Å². The first-order valence-corrected chi connectivity index (χ1v) is 11.2. The van der Waals surface area contributed by atoms with Crippen LogP contribution in [0.3, 0.4) is 0 Å². The van der Waals surface area contributed by atoms with Gasteiger partial charge in [-0.25, -0.2) is 4.79 Å². The third kappa shape index (κ3) is 4.64. The number of benzene rings is 2. The van der Waals surface area contributed by atoms with Gasteiger partial charge in [0.25, 0.3) is 0 Å². The van der Waals surface area contributed by atoms with Crippen molar-refractivity contribution in [1.82, 2.24) is 0 Å². The van der Waals surface area contributed by atoms with E-state index in [1.807, 2.05) is 0 Å². The van der Waals surface area contributed by atoms with Crippen LogP contribution >= 0.6 is 0 Å². The molecule has 1 aliphatic carbocycles. The highest BCUT2D eigenvalue weighted by molar-refractivity contribution is 6.22. The maximum Gasteiger partial charge on any atom is 0.338 e. The molecular formula is C25H24N2O8. The Morgan fingerprint density at radius 1 is 1.06 bits per heavy atom. The van der Waals surface area contributed by atoms with Crippen molar-refractivity contribution in [3.63, 3.8) is 0 Å².